The molecule has 0 bridgehead atoms. The summed E-state index contributed by atoms with van der Waals surface area (Å²) in [6, 6.07) is 0. The summed E-state index contributed by atoms with van der Waals surface area (Å²) < 4.78 is 5.34. The summed E-state index contributed by atoms with van der Waals surface area (Å²) in [6.07, 6.45) is 4.89. The van der Waals surface area contributed by atoms with Crippen molar-refractivity contribution in [1.29, 1.82) is 0 Å². The maximum Gasteiger partial charge on any atom is 0.323 e. The van der Waals surface area contributed by atoms with Crippen molar-refractivity contribution < 1.29 is 4.43 Å². The molecule has 0 aliphatic carbocycles. The van der Waals surface area contributed by atoms with Gasteiger partial charge in [0.25, 0.3) is 0 Å². The molecule has 0 saturated heterocycles. The van der Waals surface area contributed by atoms with Crippen LogP contribution in [0.15, 0.2) is 12.8 Å². The first-order valence-electron chi connectivity index (χ1n) is 4.41. The summed E-state index contributed by atoms with van der Waals surface area (Å²) in [6.45, 7) is 9.86. The molecule has 0 aromatic heterocycles. The zero-order chi connectivity index (χ0) is 9.45. The van der Waals surface area contributed by atoms with Gasteiger partial charge in [-0.2, -0.15) is 0 Å². The third kappa shape index (κ3) is 6.05. The molecule has 0 rings (SSSR count). The molecule has 0 aromatic rings. The summed E-state index contributed by atoms with van der Waals surface area (Å²) in [5.74, 6) is 3.15. The summed E-state index contributed by atoms with van der Waals surface area (Å²) in [5, 5.41) is 0. The van der Waals surface area contributed by atoms with Gasteiger partial charge in [0.1, 0.15) is 0 Å². The van der Waals surface area contributed by atoms with Gasteiger partial charge >= 0.3 is 8.32 Å². The van der Waals surface area contributed by atoms with E-state index in [1.165, 1.54) is 19.1 Å². The van der Waals surface area contributed by atoms with Crippen molar-refractivity contribution in [3.8, 4) is 11.5 Å². The lowest BCUT2D eigenvalue weighted by Gasteiger charge is -2.12. The molecule has 0 unspecified atom stereocenters. The Labute approximate surface area is 77.0 Å². The van der Waals surface area contributed by atoms with Crippen LogP contribution >= 0.6 is 0 Å². The van der Waals surface area contributed by atoms with Gasteiger partial charge in [-0.3, -0.25) is 0 Å². The predicted molar refractivity (Wildman–Crippen MR) is 56.1 cm³/mol. The highest BCUT2D eigenvalue weighted by Gasteiger charge is 2.18. The first-order valence-corrected chi connectivity index (χ1v) is 7.32. The van der Waals surface area contributed by atoms with Gasteiger partial charge in [-0.25, -0.2) is 0 Å². The van der Waals surface area contributed by atoms with Gasteiger partial charge in [0.05, 0.1) is 6.26 Å². The topological polar surface area (TPSA) is 9.23 Å². The van der Waals surface area contributed by atoms with E-state index < -0.39 is 8.32 Å². The molecule has 0 N–H and O–H groups in total. The lowest BCUT2D eigenvalue weighted by atomic mass is 10.3. The van der Waals surface area contributed by atoms with Gasteiger partial charge in [-0.05, 0) is 19.5 Å². The summed E-state index contributed by atoms with van der Waals surface area (Å²) in [4.78, 5) is 0. The fraction of sp³-hybridized carbons (Fsp3) is 0.600. The maximum atomic E-state index is 5.34. The summed E-state index contributed by atoms with van der Waals surface area (Å²) in [5.41, 5.74) is 3.19. The largest absolute Gasteiger partial charge is 0.539 e. The summed E-state index contributed by atoms with van der Waals surface area (Å²) >= 11 is 0. The molecule has 2 heteroatoms. The molecule has 0 amide bonds. The molecule has 0 saturated carbocycles. The Morgan fingerprint density at radius 1 is 1.50 bits per heavy atom. The van der Waals surface area contributed by atoms with Crippen molar-refractivity contribution in [2.45, 2.75) is 39.3 Å². The van der Waals surface area contributed by atoms with E-state index in [4.69, 9.17) is 4.43 Å². The number of hydrogen-bond donors (Lipinski definition) is 0. The molecule has 0 aliphatic rings. The molecule has 0 aliphatic heterocycles. The van der Waals surface area contributed by atoms with Gasteiger partial charge < -0.3 is 4.43 Å². The van der Waals surface area contributed by atoms with E-state index in [0.29, 0.717) is 0 Å². The summed E-state index contributed by atoms with van der Waals surface area (Å²) in [7, 11) is -1.73. The van der Waals surface area contributed by atoms with Crippen molar-refractivity contribution in [2.75, 3.05) is 0 Å². The second-order valence-electron chi connectivity index (χ2n) is 3.20. The predicted octanol–water partition coefficient (Wildman–Crippen LogP) is 3.08. The molecule has 12 heavy (non-hydrogen) atoms. The van der Waals surface area contributed by atoms with E-state index in [2.05, 4.69) is 38.1 Å². The number of rotatable bonds is 4. The van der Waals surface area contributed by atoms with Gasteiger partial charge in [-0.1, -0.05) is 25.5 Å². The molecule has 0 spiro atoms. The third-order valence-corrected chi connectivity index (χ3v) is 2.96. The van der Waals surface area contributed by atoms with Gasteiger partial charge in [-0.15, -0.1) is 5.92 Å². The normalized spacial score (nSPS) is 9.92. The van der Waals surface area contributed by atoms with Crippen LogP contribution in [0.3, 0.4) is 0 Å². The smallest absolute Gasteiger partial charge is 0.323 e. The Kier molecular flexibility index (Phi) is 5.57. The van der Waals surface area contributed by atoms with Crippen molar-refractivity contribution >= 4 is 8.32 Å². The van der Waals surface area contributed by atoms with E-state index in [-0.39, 0.29) is 0 Å². The molecule has 68 valence electrons. The molecule has 0 aromatic carbocycles. The highest BCUT2D eigenvalue weighted by atomic mass is 28.4. The van der Waals surface area contributed by atoms with Crippen LogP contribution in [0.25, 0.3) is 0 Å². The minimum absolute atomic E-state index is 0.993. The highest BCUT2D eigenvalue weighted by molar-refractivity contribution is 6.79. The first kappa shape index (κ1) is 11.3. The molecular formula is C10H18OSi. The van der Waals surface area contributed by atoms with Crippen molar-refractivity contribution in [1.82, 2.24) is 0 Å². The monoisotopic (exact) mass is 182 g/mol. The fourth-order valence-electron chi connectivity index (χ4n) is 0.778. The highest BCUT2D eigenvalue weighted by Crippen LogP contribution is 2.02. The fourth-order valence-corrected chi connectivity index (χ4v) is 1.80. The minimum Gasteiger partial charge on any atom is -0.539 e. The standard InChI is InChI=1S/C10H18OSi/c1-5-7-8-9-10-12(3,4)11-6-2/h6H,2,5,7-8H2,1,3-4H3. The number of unbranched alkanes of at least 4 members (excludes halogenated alkanes) is 2. The Morgan fingerprint density at radius 3 is 2.67 bits per heavy atom. The van der Waals surface area contributed by atoms with Crippen molar-refractivity contribution in [3.63, 3.8) is 0 Å². The maximum absolute atomic E-state index is 5.34. The Balaban J connectivity index is 3.82. The van der Waals surface area contributed by atoms with Crippen LogP contribution in [0.4, 0.5) is 0 Å². The second-order valence-corrected chi connectivity index (χ2v) is 6.71. The van der Waals surface area contributed by atoms with Crippen LogP contribution < -0.4 is 0 Å². The zero-order valence-corrected chi connectivity index (χ0v) is 9.31. The third-order valence-electron chi connectivity index (χ3n) is 1.42. The molecule has 1 nitrogen and oxygen atoms in total. The van der Waals surface area contributed by atoms with E-state index in [1.54, 1.807) is 0 Å². The van der Waals surface area contributed by atoms with Crippen LogP contribution in [-0.4, -0.2) is 8.32 Å². The Bertz CT molecular complexity index is 186. The zero-order valence-electron chi connectivity index (χ0n) is 8.31. The number of hydrogen-bond acceptors (Lipinski definition) is 1. The first-order chi connectivity index (χ1) is 5.62. The lowest BCUT2D eigenvalue weighted by Crippen LogP contribution is -2.25. The molecule has 0 heterocycles. The second kappa shape index (κ2) is 5.90. The SMILES string of the molecule is C=CO[Si](C)(C)C#CCCCC. The van der Waals surface area contributed by atoms with Crippen LogP contribution in [0.1, 0.15) is 26.2 Å². The average Bonchev–Trinajstić information content (AvgIpc) is 1.98. The van der Waals surface area contributed by atoms with Gasteiger partial charge in [0, 0.05) is 6.42 Å². The lowest BCUT2D eigenvalue weighted by molar-refractivity contribution is 0.489. The van der Waals surface area contributed by atoms with Gasteiger partial charge in [0.15, 0.2) is 0 Å². The molecule has 0 fully saturated rings. The quantitative estimate of drug-likeness (QED) is 0.281. The molecular weight excluding hydrogens is 164 g/mol. The Morgan fingerprint density at radius 2 is 2.17 bits per heavy atom. The van der Waals surface area contributed by atoms with Crippen LogP contribution in [0, 0.1) is 11.5 Å². The Hall–Kier alpha value is -0.683. The van der Waals surface area contributed by atoms with Crippen molar-refractivity contribution in [3.05, 3.63) is 12.8 Å². The van der Waals surface area contributed by atoms with Crippen LogP contribution in [-0.2, 0) is 4.43 Å². The van der Waals surface area contributed by atoms with Crippen molar-refractivity contribution in [2.24, 2.45) is 0 Å². The van der Waals surface area contributed by atoms with E-state index in [0.717, 1.165) is 6.42 Å². The van der Waals surface area contributed by atoms with E-state index in [1.807, 2.05) is 0 Å². The van der Waals surface area contributed by atoms with E-state index >= 15 is 0 Å². The molecule has 0 atom stereocenters. The minimum atomic E-state index is -1.73. The van der Waals surface area contributed by atoms with Gasteiger partial charge in [0.2, 0.25) is 0 Å². The van der Waals surface area contributed by atoms with Crippen LogP contribution in [0.2, 0.25) is 13.1 Å². The molecule has 0 radical (unpaired) electrons. The van der Waals surface area contributed by atoms with E-state index in [9.17, 15) is 0 Å². The van der Waals surface area contributed by atoms with Crippen LogP contribution in [0.5, 0.6) is 0 Å². The average molecular weight is 182 g/mol.